The first kappa shape index (κ1) is 33.7. The highest BCUT2D eigenvalue weighted by molar-refractivity contribution is 7.98. The number of rotatable bonds is 15. The molecule has 0 heterocycles. The normalized spacial score (nSPS) is 14.2. The molecule has 1 aromatic rings. The monoisotopic (exact) mass is 567 g/mol. The third-order valence-electron chi connectivity index (χ3n) is 5.82. The van der Waals surface area contributed by atoms with E-state index in [0.717, 1.165) is 0 Å². The Morgan fingerprint density at radius 3 is 2.15 bits per heavy atom. The minimum absolute atomic E-state index is 0.203. The van der Waals surface area contributed by atoms with Crippen molar-refractivity contribution in [2.75, 3.05) is 19.1 Å². The van der Waals surface area contributed by atoms with Crippen molar-refractivity contribution in [1.82, 2.24) is 16.0 Å². The molecule has 12 heteroatoms. The number of carbonyl (C=O) groups is 5. The number of amides is 3. The van der Waals surface area contributed by atoms with Gasteiger partial charge in [0, 0.05) is 6.42 Å². The maximum Gasteiger partial charge on any atom is 0.408 e. The number of hydrogen-bond donors (Lipinski definition) is 4. The predicted octanol–water partition coefficient (Wildman–Crippen LogP) is 3.01. The Morgan fingerprint density at radius 2 is 1.62 bits per heavy atom. The van der Waals surface area contributed by atoms with Crippen LogP contribution in [0.2, 0.25) is 0 Å². The van der Waals surface area contributed by atoms with Gasteiger partial charge in [0.15, 0.2) is 5.78 Å². The molecule has 0 saturated heterocycles. The van der Waals surface area contributed by atoms with Gasteiger partial charge < -0.3 is 30.5 Å². The van der Waals surface area contributed by atoms with Crippen LogP contribution in [0.4, 0.5) is 4.79 Å². The Balaban J connectivity index is 3.27. The lowest BCUT2D eigenvalue weighted by atomic mass is 9.97. The second-order valence-electron chi connectivity index (χ2n) is 10.1. The number of aliphatic carboxylic acids is 1. The van der Waals surface area contributed by atoms with Gasteiger partial charge in [-0.3, -0.25) is 14.4 Å². The minimum atomic E-state index is -1.42. The molecule has 4 atom stereocenters. The molecule has 11 nitrogen and oxygen atoms in total. The van der Waals surface area contributed by atoms with Crippen molar-refractivity contribution in [3.8, 4) is 5.75 Å². The van der Waals surface area contributed by atoms with E-state index in [-0.39, 0.29) is 12.0 Å². The number of Topliss-reactive ketones (excluding diaryl/α,β-unsaturated/α-hetero) is 1. The van der Waals surface area contributed by atoms with Crippen LogP contribution < -0.4 is 20.7 Å². The number of ketones is 1. The third-order valence-corrected chi connectivity index (χ3v) is 6.47. The molecule has 0 aromatic heterocycles. The zero-order chi connectivity index (χ0) is 29.8. The smallest absolute Gasteiger partial charge is 0.408 e. The molecule has 0 spiro atoms. The van der Waals surface area contributed by atoms with Crippen LogP contribution in [0.5, 0.6) is 5.75 Å². The van der Waals surface area contributed by atoms with E-state index in [1.54, 1.807) is 52.8 Å². The van der Waals surface area contributed by atoms with Crippen LogP contribution in [0.1, 0.15) is 64.2 Å². The molecule has 0 radical (unpaired) electrons. The Labute approximate surface area is 234 Å². The Morgan fingerprint density at radius 1 is 1.00 bits per heavy atom. The summed E-state index contributed by atoms with van der Waals surface area (Å²) in [5.41, 5.74) is -0.592. The van der Waals surface area contributed by atoms with Gasteiger partial charge in [-0.05, 0) is 57.3 Å². The average molecular weight is 568 g/mol. The Bertz CT molecular complexity index is 1010. The number of methoxy groups -OCH3 is 1. The van der Waals surface area contributed by atoms with E-state index in [2.05, 4.69) is 16.0 Å². The van der Waals surface area contributed by atoms with Crippen molar-refractivity contribution in [1.29, 1.82) is 0 Å². The fraction of sp³-hybridized carbons (Fsp3) is 0.593. The molecule has 1 aromatic carbocycles. The molecular formula is C27H41N3O8S. The summed E-state index contributed by atoms with van der Waals surface area (Å²) in [4.78, 5) is 64.0. The molecule has 39 heavy (non-hydrogen) atoms. The van der Waals surface area contributed by atoms with Crippen LogP contribution in [0.25, 0.3) is 0 Å². The quantitative estimate of drug-likeness (QED) is 0.234. The highest BCUT2D eigenvalue weighted by Gasteiger charge is 2.33. The first-order valence-electron chi connectivity index (χ1n) is 12.7. The molecule has 218 valence electrons. The van der Waals surface area contributed by atoms with Crippen LogP contribution >= 0.6 is 11.8 Å². The van der Waals surface area contributed by atoms with Crippen LogP contribution in [-0.2, 0) is 19.1 Å². The molecule has 3 amide bonds. The number of carboxylic acid groups (broad SMARTS) is 1. The highest BCUT2D eigenvalue weighted by Crippen LogP contribution is 2.20. The Hall–Kier alpha value is -3.28. The van der Waals surface area contributed by atoms with Crippen LogP contribution in [0.15, 0.2) is 24.3 Å². The van der Waals surface area contributed by atoms with E-state index in [1.807, 2.05) is 6.26 Å². The average Bonchev–Trinajstić information content (AvgIpc) is 2.87. The van der Waals surface area contributed by atoms with Gasteiger partial charge in [0.05, 0.1) is 12.7 Å². The van der Waals surface area contributed by atoms with Crippen LogP contribution in [-0.4, -0.2) is 77.6 Å². The van der Waals surface area contributed by atoms with Gasteiger partial charge in [-0.25, -0.2) is 9.59 Å². The highest BCUT2D eigenvalue weighted by atomic mass is 32.2. The fourth-order valence-electron chi connectivity index (χ4n) is 3.54. The summed E-state index contributed by atoms with van der Waals surface area (Å²) in [5, 5.41) is 17.2. The summed E-state index contributed by atoms with van der Waals surface area (Å²) in [6.45, 7) is 8.52. The summed E-state index contributed by atoms with van der Waals surface area (Å²) in [7, 11) is 1.40. The van der Waals surface area contributed by atoms with Gasteiger partial charge in [0.2, 0.25) is 11.8 Å². The molecule has 0 bridgehead atoms. The summed E-state index contributed by atoms with van der Waals surface area (Å²) < 4.78 is 10.5. The Kier molecular flexibility index (Phi) is 13.8. The summed E-state index contributed by atoms with van der Waals surface area (Å²) in [6, 6.07) is 2.73. The van der Waals surface area contributed by atoms with Crippen molar-refractivity contribution in [3.63, 3.8) is 0 Å². The lowest BCUT2D eigenvalue weighted by molar-refractivity contribution is -0.143. The number of carboxylic acids is 1. The molecule has 0 aliphatic rings. The van der Waals surface area contributed by atoms with Crippen LogP contribution in [0, 0.1) is 5.92 Å². The number of para-hydroxylation sites is 1. The van der Waals surface area contributed by atoms with E-state index in [0.29, 0.717) is 17.9 Å². The van der Waals surface area contributed by atoms with Gasteiger partial charge in [-0.15, -0.1) is 0 Å². The maximum absolute atomic E-state index is 13.3. The predicted molar refractivity (Wildman–Crippen MR) is 149 cm³/mol. The van der Waals surface area contributed by atoms with Crippen LogP contribution in [0.3, 0.4) is 0 Å². The van der Waals surface area contributed by atoms with Gasteiger partial charge in [-0.1, -0.05) is 32.4 Å². The number of benzene rings is 1. The van der Waals surface area contributed by atoms with Crippen molar-refractivity contribution in [2.24, 2.45) is 5.92 Å². The lowest BCUT2D eigenvalue weighted by Crippen LogP contribution is -2.57. The summed E-state index contributed by atoms with van der Waals surface area (Å²) in [6.07, 6.45) is 1.27. The minimum Gasteiger partial charge on any atom is -0.496 e. The maximum atomic E-state index is 13.3. The first-order chi connectivity index (χ1) is 18.2. The van der Waals surface area contributed by atoms with E-state index >= 15 is 0 Å². The number of ether oxygens (including phenoxy) is 2. The van der Waals surface area contributed by atoms with Gasteiger partial charge in [0.25, 0.3) is 0 Å². The van der Waals surface area contributed by atoms with E-state index < -0.39 is 65.7 Å². The van der Waals surface area contributed by atoms with E-state index in [9.17, 15) is 29.1 Å². The molecule has 0 saturated carbocycles. The first-order valence-corrected chi connectivity index (χ1v) is 14.1. The zero-order valence-corrected chi connectivity index (χ0v) is 24.5. The van der Waals surface area contributed by atoms with Crippen molar-refractivity contribution >= 4 is 41.4 Å². The number of hydrogen-bond acceptors (Lipinski definition) is 8. The van der Waals surface area contributed by atoms with Gasteiger partial charge in [0.1, 0.15) is 29.5 Å². The molecule has 0 unspecified atom stereocenters. The zero-order valence-electron chi connectivity index (χ0n) is 23.7. The molecule has 0 aliphatic heterocycles. The molecule has 0 aliphatic carbocycles. The number of nitrogens with one attached hydrogen (secondary N) is 3. The standard InChI is InChI=1S/C27H41N3O8S/c1-8-16(2)22(25(34)35)30-24(33)19(15-20(31)17-11-9-10-12-21(17)37-6)28-23(32)18(13-14-39-7)29-26(36)38-27(3,4)5/h9-12,16,18-19,22H,8,13-15H2,1-7H3,(H,28,32)(H,29,36)(H,30,33)(H,34,35)/t16-,18-,19-,22-/m0/s1. The molecule has 1 rings (SSSR count). The molecular weight excluding hydrogens is 526 g/mol. The van der Waals surface area contributed by atoms with Gasteiger partial charge >= 0.3 is 12.1 Å². The number of alkyl carbamates (subject to hydrolysis) is 1. The third kappa shape index (κ3) is 11.6. The van der Waals surface area contributed by atoms with Crippen molar-refractivity contribution < 1.29 is 38.6 Å². The molecule has 4 N–H and O–H groups in total. The number of thioether (sulfide) groups is 1. The summed E-state index contributed by atoms with van der Waals surface area (Å²) >= 11 is 1.46. The fourth-order valence-corrected chi connectivity index (χ4v) is 4.01. The van der Waals surface area contributed by atoms with E-state index in [1.165, 1.54) is 24.9 Å². The van der Waals surface area contributed by atoms with Crippen molar-refractivity contribution in [3.05, 3.63) is 29.8 Å². The van der Waals surface area contributed by atoms with E-state index in [4.69, 9.17) is 9.47 Å². The lowest BCUT2D eigenvalue weighted by Gasteiger charge is -2.27. The SMILES string of the molecule is CC[C@H](C)[C@H](NC(=O)[C@H](CC(=O)c1ccccc1OC)NC(=O)[C@H](CCSC)NC(=O)OC(C)(C)C)C(=O)O. The summed E-state index contributed by atoms with van der Waals surface area (Å²) in [5.74, 6) is -2.87. The molecule has 0 fully saturated rings. The second-order valence-corrected chi connectivity index (χ2v) is 11.1. The number of carbonyl (C=O) groups excluding carboxylic acids is 4. The topological polar surface area (TPSA) is 160 Å². The van der Waals surface area contributed by atoms with Gasteiger partial charge in [-0.2, -0.15) is 11.8 Å². The largest absolute Gasteiger partial charge is 0.496 e. The van der Waals surface area contributed by atoms with Crippen molar-refractivity contribution in [2.45, 2.75) is 77.6 Å². The second kappa shape index (κ2) is 16.0.